The van der Waals surface area contributed by atoms with Crippen LogP contribution in [0.1, 0.15) is 205 Å². The molecule has 0 aromatic heterocycles. The molecule has 0 radical (unpaired) electrons. The minimum absolute atomic E-state index is 0.0595. The van der Waals surface area contributed by atoms with Crippen molar-refractivity contribution in [3.05, 3.63) is 47.0 Å². The van der Waals surface area contributed by atoms with Crippen molar-refractivity contribution in [3.8, 4) is 0 Å². The van der Waals surface area contributed by atoms with Crippen LogP contribution in [0.25, 0.3) is 0 Å². The number of esters is 2. The van der Waals surface area contributed by atoms with Gasteiger partial charge in [0.1, 0.15) is 18.0 Å². The van der Waals surface area contributed by atoms with Crippen molar-refractivity contribution in [1.29, 1.82) is 0 Å². The van der Waals surface area contributed by atoms with Crippen molar-refractivity contribution >= 4 is 17.7 Å². The second-order valence-electron chi connectivity index (χ2n) is 26.6. The van der Waals surface area contributed by atoms with Crippen LogP contribution >= 0.6 is 0 Å². The van der Waals surface area contributed by atoms with Crippen LogP contribution in [0, 0.1) is 92.7 Å². The van der Waals surface area contributed by atoms with Gasteiger partial charge in [-0.2, -0.15) is 0 Å². The Morgan fingerprint density at radius 2 is 1.29 bits per heavy atom. The minimum atomic E-state index is -0.266. The summed E-state index contributed by atoms with van der Waals surface area (Å²) in [5.74, 6) is 9.01. The molecule has 7 nitrogen and oxygen atoms in total. The van der Waals surface area contributed by atoms with E-state index in [1.54, 1.807) is 12.5 Å². The minimum Gasteiger partial charge on any atom is -0.499 e. The fourth-order valence-electron chi connectivity index (χ4n) is 18.0. The normalized spacial score (nSPS) is 42.4. The fraction of sp³-hybridized carbons (Fsp3) is 0.823. The zero-order valence-corrected chi connectivity index (χ0v) is 45.7. The molecule has 0 spiro atoms. The number of carbonyl (C=O) groups excluding carboxylic acids is 3. The van der Waals surface area contributed by atoms with E-state index >= 15 is 0 Å². The molecule has 69 heavy (non-hydrogen) atoms. The molecule has 0 bridgehead atoms. The van der Waals surface area contributed by atoms with Gasteiger partial charge in [0, 0.05) is 25.7 Å². The lowest BCUT2D eigenvalue weighted by atomic mass is 9.47. The number of ether oxygens (including phenoxy) is 4. The van der Waals surface area contributed by atoms with Gasteiger partial charge in [0.15, 0.2) is 0 Å². The monoisotopic (exact) mass is 953 g/mol. The summed E-state index contributed by atoms with van der Waals surface area (Å²) >= 11 is 0. The zero-order chi connectivity index (χ0) is 49.8. The Hall–Kier alpha value is -2.83. The highest BCUT2D eigenvalue weighted by molar-refractivity contribution is 5.81. The number of rotatable bonds is 14. The Bertz CT molecular complexity index is 2030. The van der Waals surface area contributed by atoms with Gasteiger partial charge in [0.25, 0.3) is 0 Å². The highest BCUT2D eigenvalue weighted by atomic mass is 16.5. The molecule has 10 unspecified atom stereocenters. The van der Waals surface area contributed by atoms with Crippen LogP contribution in [-0.2, 0) is 33.3 Å². The van der Waals surface area contributed by atoms with E-state index in [0.717, 1.165) is 80.3 Å². The maximum atomic E-state index is 13.0. The average molecular weight is 953 g/mol. The molecule has 386 valence electrons. The average Bonchev–Trinajstić information content (AvgIpc) is 3.89. The second kappa shape index (κ2) is 20.6. The van der Waals surface area contributed by atoms with Gasteiger partial charge in [-0.1, -0.05) is 85.3 Å². The molecule has 1 aliphatic heterocycles. The smallest absolute Gasteiger partial charge is 0.306 e. The summed E-state index contributed by atoms with van der Waals surface area (Å²) in [4.78, 5) is 37.0. The van der Waals surface area contributed by atoms with Gasteiger partial charge < -0.3 is 18.9 Å². The predicted octanol–water partition coefficient (Wildman–Crippen LogP) is 15.1. The number of carbonyl (C=O) groups is 3. The maximum Gasteiger partial charge on any atom is 0.306 e. The van der Waals surface area contributed by atoms with Gasteiger partial charge >= 0.3 is 11.9 Å². The molecule has 0 aromatic rings. The largest absolute Gasteiger partial charge is 0.499 e. The molecule has 0 amide bonds. The van der Waals surface area contributed by atoms with Gasteiger partial charge in [-0.15, -0.1) is 0 Å². The summed E-state index contributed by atoms with van der Waals surface area (Å²) in [5.41, 5.74) is 6.17. The first kappa shape index (κ1) is 52.5. The Labute approximate surface area is 419 Å². The molecular formula is C62H96O7. The number of fused-ring (bicyclic) bond motifs is 12. The Kier molecular flexibility index (Phi) is 15.7. The highest BCUT2D eigenvalue weighted by Crippen LogP contribution is 2.70. The maximum absolute atomic E-state index is 13.0. The third-order valence-electron chi connectivity index (χ3n) is 21.8. The lowest BCUT2D eigenvalue weighted by Gasteiger charge is -2.58. The van der Waals surface area contributed by atoms with Crippen LogP contribution in [0.2, 0.25) is 0 Å². The van der Waals surface area contributed by atoms with E-state index in [1.165, 1.54) is 88.9 Å². The molecule has 8 aliphatic carbocycles. The van der Waals surface area contributed by atoms with Crippen LogP contribution in [-0.4, -0.2) is 43.1 Å². The van der Waals surface area contributed by atoms with Crippen LogP contribution in [0.3, 0.4) is 0 Å². The molecular weight excluding hydrogens is 857 g/mol. The van der Waals surface area contributed by atoms with E-state index in [4.69, 9.17) is 18.9 Å². The van der Waals surface area contributed by atoms with E-state index in [0.29, 0.717) is 77.5 Å². The molecule has 0 N–H and O–H groups in total. The number of allylic oxidation sites excluding steroid dienone is 6. The number of hydrogen-bond donors (Lipinski definition) is 0. The van der Waals surface area contributed by atoms with Crippen molar-refractivity contribution in [2.75, 3.05) is 13.2 Å². The molecule has 18 atom stereocenters. The van der Waals surface area contributed by atoms with Crippen LogP contribution < -0.4 is 0 Å². The quantitative estimate of drug-likeness (QED) is 0.0973. The van der Waals surface area contributed by atoms with E-state index in [-0.39, 0.29) is 35.2 Å². The van der Waals surface area contributed by atoms with Crippen molar-refractivity contribution in [2.24, 2.45) is 92.7 Å². The van der Waals surface area contributed by atoms with Crippen molar-refractivity contribution in [2.45, 2.75) is 217 Å². The first-order chi connectivity index (χ1) is 32.6. The lowest BCUT2D eigenvalue weighted by Crippen LogP contribution is -2.50. The van der Waals surface area contributed by atoms with Crippen LogP contribution in [0.4, 0.5) is 0 Å². The van der Waals surface area contributed by atoms with Gasteiger partial charge in [0.2, 0.25) is 0 Å². The number of ketones is 1. The fourth-order valence-corrected chi connectivity index (χ4v) is 18.0. The highest BCUT2D eigenvalue weighted by Gasteiger charge is 2.65. The number of Topliss-reactive ketones (excluding diaryl/α,β-unsaturated/α-hetero) is 1. The summed E-state index contributed by atoms with van der Waals surface area (Å²) < 4.78 is 23.6. The first-order valence-corrected chi connectivity index (χ1v) is 28.5. The van der Waals surface area contributed by atoms with Crippen molar-refractivity contribution in [3.63, 3.8) is 0 Å². The lowest BCUT2D eigenvalue weighted by molar-refractivity contribution is -0.154. The van der Waals surface area contributed by atoms with Gasteiger partial charge in [-0.05, 0) is 216 Å². The molecule has 0 aromatic carbocycles. The molecule has 6 fully saturated rings. The Balaban J connectivity index is 0.000000187. The van der Waals surface area contributed by atoms with Gasteiger partial charge in [-0.3, -0.25) is 14.4 Å². The van der Waals surface area contributed by atoms with Crippen LogP contribution in [0.5, 0.6) is 0 Å². The standard InChI is InChI=1S/C32H50O4.C30H46O3/c1-20(2)35-19-22(4)9-8-10-29(34)36-28-18-27-25-12-11-24-17-21(3)13-15-31(24,6)26(25)14-16-32(27,7)30(28)23(5)33;1-18-11-13-29(5)22(15-18)8-9-23-24(29)12-14-30(6)25(23)16-27-28(30)20(3)26(33-27)10-7-19(2)17-32-21(4)31/h11,21-22,25-28,30H,1,8-10,12-19H2,2-7H3;8,18-19,23-25,27-28H,7,9-17H2,1-6H3/t21-,22-,25?,26?,27?,28?,30?,31-,32-;18-,19-,23?,24?,25?,27?,28?,29-,30-/m00/s1. The molecule has 1 heterocycles. The molecule has 7 heteroatoms. The second-order valence-corrected chi connectivity index (χ2v) is 26.6. The van der Waals surface area contributed by atoms with E-state index < -0.39 is 0 Å². The van der Waals surface area contributed by atoms with Gasteiger partial charge in [-0.25, -0.2) is 0 Å². The summed E-state index contributed by atoms with van der Waals surface area (Å²) in [7, 11) is 0. The summed E-state index contributed by atoms with van der Waals surface area (Å²) in [6.07, 6.45) is 27.2. The summed E-state index contributed by atoms with van der Waals surface area (Å²) in [5, 5.41) is 0. The van der Waals surface area contributed by atoms with Crippen LogP contribution in [0.15, 0.2) is 47.0 Å². The number of hydrogen-bond acceptors (Lipinski definition) is 7. The third-order valence-corrected chi connectivity index (χ3v) is 21.8. The zero-order valence-electron chi connectivity index (χ0n) is 45.7. The Morgan fingerprint density at radius 3 is 1.86 bits per heavy atom. The molecule has 0 saturated heterocycles. The van der Waals surface area contributed by atoms with Gasteiger partial charge in [0.05, 0.1) is 30.6 Å². The predicted molar refractivity (Wildman–Crippen MR) is 276 cm³/mol. The third kappa shape index (κ3) is 10.1. The topological polar surface area (TPSA) is 88.1 Å². The molecule has 6 saturated carbocycles. The van der Waals surface area contributed by atoms with E-state index in [2.05, 4.69) is 81.0 Å². The van der Waals surface area contributed by atoms with E-state index in [9.17, 15) is 14.4 Å². The SMILES string of the molecule is C=C(C)OC[C@@H](C)CCCC(=O)OC1CC2C3CC=C4C[C@@H](C)CC[C@]4(C)C3CC[C@]2(C)C1C(C)=O.CC(=O)OC[C@@H](C)CCC1=C(C)C2C(CC3C4CC=C5C[C@@H](C)CC[C@]5(C)C4CC[C@@]32C)O1. The van der Waals surface area contributed by atoms with Crippen molar-refractivity contribution < 1.29 is 33.3 Å². The first-order valence-electron chi connectivity index (χ1n) is 28.5. The summed E-state index contributed by atoms with van der Waals surface area (Å²) in [6, 6.07) is 0. The Morgan fingerprint density at radius 1 is 0.739 bits per heavy atom. The molecule has 9 aliphatic rings. The van der Waals surface area contributed by atoms with Crippen molar-refractivity contribution in [1.82, 2.24) is 0 Å². The summed E-state index contributed by atoms with van der Waals surface area (Å²) in [6.45, 7) is 31.6. The molecule has 9 rings (SSSR count). The van der Waals surface area contributed by atoms with E-state index in [1.807, 2.05) is 12.5 Å².